The lowest BCUT2D eigenvalue weighted by molar-refractivity contribution is -0.145. The van der Waals surface area contributed by atoms with Crippen molar-refractivity contribution in [1.29, 1.82) is 0 Å². The number of hydrogen-bond acceptors (Lipinski definition) is 11. The average Bonchev–Trinajstić information content (AvgIpc) is 3.57. The van der Waals surface area contributed by atoms with E-state index in [2.05, 4.69) is 36.8 Å². The normalized spacial score (nSPS) is 14.2. The minimum Gasteiger partial charge on any atom is -0.491 e. The minimum absolute atomic E-state index is 0.0448. The molecule has 3 aromatic heterocycles. The maximum atomic E-state index is 14.1. The van der Waals surface area contributed by atoms with Crippen LogP contribution >= 0.6 is 34.5 Å². The second-order valence-electron chi connectivity index (χ2n) is 13.1. The van der Waals surface area contributed by atoms with E-state index < -0.39 is 12.1 Å². The van der Waals surface area contributed by atoms with Crippen LogP contribution in [-0.2, 0) is 17.8 Å². The van der Waals surface area contributed by atoms with Gasteiger partial charge in [-0.25, -0.2) is 29.1 Å². The molecule has 7 rings (SSSR count). The molecule has 0 spiro atoms. The summed E-state index contributed by atoms with van der Waals surface area (Å²) in [5.41, 5.74) is 4.07. The molecule has 1 fully saturated rings. The molecule has 4 heterocycles. The Labute approximate surface area is 331 Å². The third-order valence-corrected chi connectivity index (χ3v) is 11.2. The van der Waals surface area contributed by atoms with E-state index in [1.54, 1.807) is 42.5 Å². The average molecular weight is 804 g/mol. The lowest BCUT2D eigenvalue weighted by Gasteiger charge is -2.32. The number of likely N-dealkylation sites (N-methyl/N-ethyl adjacent to an activating group) is 1. The monoisotopic (exact) mass is 802 g/mol. The van der Waals surface area contributed by atoms with Gasteiger partial charge < -0.3 is 24.2 Å². The van der Waals surface area contributed by atoms with Crippen molar-refractivity contribution < 1.29 is 28.5 Å². The quantitative estimate of drug-likeness (QED) is 0.108. The van der Waals surface area contributed by atoms with Gasteiger partial charge in [0.15, 0.2) is 0 Å². The summed E-state index contributed by atoms with van der Waals surface area (Å²) in [6.07, 6.45) is 1.47. The largest absolute Gasteiger partial charge is 0.491 e. The van der Waals surface area contributed by atoms with Crippen LogP contribution < -0.4 is 14.2 Å². The standard InChI is InChI=1S/C40H37Cl2FN6O5S/c1-24-29(11-12-31(35(24)41)52-20-19-49-17-15-48(2)16-18-49)33-34-37(45-23-46-38(34)55-36(33)25-7-9-27(43)10-8-25)54-32(39(50)51)21-26-5-3-4-6-30(26)53-22-28-13-14-44-40(42)47-28/h3-14,23,32H,15-22H2,1-2H3,(H,50,51). The Morgan fingerprint density at radius 2 is 1.75 bits per heavy atom. The van der Waals surface area contributed by atoms with Crippen LogP contribution in [-0.4, -0.2) is 93.3 Å². The number of halogens is 3. The van der Waals surface area contributed by atoms with Crippen LogP contribution in [0.3, 0.4) is 0 Å². The van der Waals surface area contributed by atoms with Gasteiger partial charge in [0.1, 0.15) is 41.7 Å². The molecule has 15 heteroatoms. The van der Waals surface area contributed by atoms with E-state index in [1.165, 1.54) is 36.0 Å². The Morgan fingerprint density at radius 1 is 0.964 bits per heavy atom. The Hall–Kier alpha value is -4.92. The molecule has 55 heavy (non-hydrogen) atoms. The van der Waals surface area contributed by atoms with Crippen molar-refractivity contribution in [3.05, 3.63) is 112 Å². The first-order valence-electron chi connectivity index (χ1n) is 17.6. The first-order chi connectivity index (χ1) is 26.6. The van der Waals surface area contributed by atoms with E-state index in [1.807, 2.05) is 19.1 Å². The van der Waals surface area contributed by atoms with Crippen LogP contribution in [0.5, 0.6) is 17.4 Å². The summed E-state index contributed by atoms with van der Waals surface area (Å²) in [7, 11) is 2.12. The van der Waals surface area contributed by atoms with Gasteiger partial charge in [0.25, 0.3) is 0 Å². The fourth-order valence-corrected chi connectivity index (χ4v) is 7.92. The molecule has 1 unspecified atom stereocenters. The number of carbonyl (C=O) groups is 1. The first-order valence-corrected chi connectivity index (χ1v) is 19.2. The topological polar surface area (TPSA) is 123 Å². The molecule has 284 valence electrons. The SMILES string of the molecule is Cc1c(-c2c(-c3ccc(F)cc3)sc3ncnc(OC(Cc4ccccc4OCc4ccnc(Cl)n4)C(=O)O)c23)ccc(OCCN2CCN(C)CC2)c1Cl. The lowest BCUT2D eigenvalue weighted by Crippen LogP contribution is -2.45. The predicted molar refractivity (Wildman–Crippen MR) is 211 cm³/mol. The summed E-state index contributed by atoms with van der Waals surface area (Å²) in [6, 6.07) is 18.7. The van der Waals surface area contributed by atoms with Crippen LogP contribution in [0.2, 0.25) is 10.3 Å². The third kappa shape index (κ3) is 8.98. The molecule has 6 aromatic rings. The number of fused-ring (bicyclic) bond motifs is 1. The van der Waals surface area contributed by atoms with Crippen molar-refractivity contribution in [3.8, 4) is 38.9 Å². The summed E-state index contributed by atoms with van der Waals surface area (Å²) in [5, 5.41) is 11.5. The number of carboxylic acids is 1. The van der Waals surface area contributed by atoms with Crippen LogP contribution in [0.1, 0.15) is 16.8 Å². The Balaban J connectivity index is 1.22. The van der Waals surface area contributed by atoms with Crippen LogP contribution in [0.15, 0.2) is 79.3 Å². The first kappa shape index (κ1) is 38.4. The molecule has 0 aliphatic carbocycles. The van der Waals surface area contributed by atoms with Gasteiger partial charge in [-0.2, -0.15) is 0 Å². The molecule has 1 N–H and O–H groups in total. The van der Waals surface area contributed by atoms with Crippen molar-refractivity contribution >= 4 is 50.7 Å². The van der Waals surface area contributed by atoms with Crippen molar-refractivity contribution in [3.63, 3.8) is 0 Å². The number of aromatic nitrogens is 4. The zero-order valence-corrected chi connectivity index (χ0v) is 32.4. The Bertz CT molecular complexity index is 2310. The summed E-state index contributed by atoms with van der Waals surface area (Å²) in [4.78, 5) is 35.9. The van der Waals surface area contributed by atoms with E-state index in [0.717, 1.165) is 54.3 Å². The molecule has 1 atom stereocenters. The van der Waals surface area contributed by atoms with Gasteiger partial charge in [-0.1, -0.05) is 48.0 Å². The van der Waals surface area contributed by atoms with Crippen LogP contribution in [0.25, 0.3) is 31.8 Å². The van der Waals surface area contributed by atoms with Gasteiger partial charge in [0.2, 0.25) is 17.3 Å². The van der Waals surface area contributed by atoms with Crippen LogP contribution in [0.4, 0.5) is 4.39 Å². The molecule has 1 aliphatic heterocycles. The van der Waals surface area contributed by atoms with E-state index in [4.69, 9.17) is 37.4 Å². The second kappa shape index (κ2) is 17.3. The van der Waals surface area contributed by atoms with Crippen molar-refractivity contribution in [2.24, 2.45) is 0 Å². The number of rotatable bonds is 14. The molecule has 1 aliphatic rings. The number of hydrogen-bond donors (Lipinski definition) is 1. The number of carboxylic acid groups (broad SMARTS) is 1. The molecule has 11 nitrogen and oxygen atoms in total. The highest BCUT2D eigenvalue weighted by Gasteiger charge is 2.28. The summed E-state index contributed by atoms with van der Waals surface area (Å²) >= 11 is 14.3. The molecule has 0 saturated carbocycles. The number of para-hydroxylation sites is 1. The fraction of sp³-hybridized carbons (Fsp3) is 0.275. The van der Waals surface area contributed by atoms with Gasteiger partial charge in [-0.3, -0.25) is 4.90 Å². The predicted octanol–water partition coefficient (Wildman–Crippen LogP) is 7.85. The molecule has 0 bridgehead atoms. The molecule has 0 radical (unpaired) electrons. The van der Waals surface area contributed by atoms with Crippen molar-refractivity contribution in [1.82, 2.24) is 29.7 Å². The zero-order chi connectivity index (χ0) is 38.5. The Kier molecular flexibility index (Phi) is 12.0. The highest BCUT2D eigenvalue weighted by molar-refractivity contribution is 7.22. The van der Waals surface area contributed by atoms with E-state index >= 15 is 0 Å². The van der Waals surface area contributed by atoms with Crippen LogP contribution in [0, 0.1) is 12.7 Å². The maximum Gasteiger partial charge on any atom is 0.345 e. The Morgan fingerprint density at radius 3 is 2.51 bits per heavy atom. The number of thiophene rings is 1. The molecular weight excluding hydrogens is 766 g/mol. The number of ether oxygens (including phenoxy) is 3. The van der Waals surface area contributed by atoms with Crippen molar-refractivity contribution in [2.75, 3.05) is 46.4 Å². The lowest BCUT2D eigenvalue weighted by atomic mass is 9.96. The summed E-state index contributed by atoms with van der Waals surface area (Å²) in [6.45, 7) is 7.27. The number of aliphatic carboxylic acids is 1. The molecule has 0 amide bonds. The van der Waals surface area contributed by atoms with Gasteiger partial charge in [-0.15, -0.1) is 11.3 Å². The number of benzene rings is 3. The summed E-state index contributed by atoms with van der Waals surface area (Å²) < 4.78 is 32.6. The van der Waals surface area contributed by atoms with E-state index in [0.29, 0.717) is 50.2 Å². The van der Waals surface area contributed by atoms with Gasteiger partial charge in [0.05, 0.1) is 16.1 Å². The van der Waals surface area contributed by atoms with Gasteiger partial charge >= 0.3 is 5.97 Å². The molecule has 3 aromatic carbocycles. The minimum atomic E-state index is -1.36. The maximum absolute atomic E-state index is 14.1. The highest BCUT2D eigenvalue weighted by Crippen LogP contribution is 2.49. The summed E-state index contributed by atoms with van der Waals surface area (Å²) in [5.74, 6) is -0.471. The second-order valence-corrected chi connectivity index (χ2v) is 14.8. The highest BCUT2D eigenvalue weighted by atomic mass is 35.5. The van der Waals surface area contributed by atoms with Gasteiger partial charge in [0, 0.05) is 55.8 Å². The van der Waals surface area contributed by atoms with Gasteiger partial charge in [-0.05, 0) is 78.2 Å². The van der Waals surface area contributed by atoms with Crippen molar-refractivity contribution in [2.45, 2.75) is 26.1 Å². The van der Waals surface area contributed by atoms with E-state index in [9.17, 15) is 14.3 Å². The zero-order valence-electron chi connectivity index (χ0n) is 30.0. The molecular formula is C40H37Cl2FN6O5S. The van der Waals surface area contributed by atoms with E-state index in [-0.39, 0.29) is 30.0 Å². The third-order valence-electron chi connectivity index (χ3n) is 9.41. The molecule has 1 saturated heterocycles. The smallest absolute Gasteiger partial charge is 0.345 e. The number of piperazine rings is 1. The number of nitrogens with zero attached hydrogens (tertiary/aromatic N) is 6. The fourth-order valence-electron chi connectivity index (χ4n) is 6.39.